The molecule has 0 radical (unpaired) electrons. The zero-order valence-electron chi connectivity index (χ0n) is 18.3. The van der Waals surface area contributed by atoms with Gasteiger partial charge in [0.1, 0.15) is 0 Å². The van der Waals surface area contributed by atoms with E-state index in [0.29, 0.717) is 13.0 Å². The van der Waals surface area contributed by atoms with E-state index in [1.54, 1.807) is 23.1 Å². The molecule has 2 aromatic carbocycles. The number of amides is 1. The lowest BCUT2D eigenvalue weighted by atomic mass is 10.2. The second-order valence-corrected chi connectivity index (χ2v) is 11.0. The topological polar surface area (TPSA) is 45.7 Å². The number of ether oxygens (including phenoxy) is 1. The fourth-order valence-electron chi connectivity index (χ4n) is 3.63. The van der Waals surface area contributed by atoms with Crippen LogP contribution in [0.15, 0.2) is 51.8 Å². The van der Waals surface area contributed by atoms with Gasteiger partial charge in [0.15, 0.2) is 5.13 Å². The number of anilines is 1. The van der Waals surface area contributed by atoms with Crippen LogP contribution in [0.4, 0.5) is 5.13 Å². The Labute approximate surface area is 206 Å². The lowest BCUT2D eigenvalue weighted by Crippen LogP contribution is -2.39. The molecule has 32 heavy (non-hydrogen) atoms. The fraction of sp³-hybridized carbons (Fsp3) is 0.417. The average molecular weight is 535 g/mol. The van der Waals surface area contributed by atoms with Crippen LogP contribution < -0.4 is 4.90 Å². The van der Waals surface area contributed by atoms with E-state index in [1.165, 1.54) is 10.5 Å². The third-order valence-corrected chi connectivity index (χ3v) is 7.98. The van der Waals surface area contributed by atoms with Crippen LogP contribution in [-0.4, -0.2) is 60.9 Å². The van der Waals surface area contributed by atoms with Crippen LogP contribution in [0.1, 0.15) is 18.4 Å². The summed E-state index contributed by atoms with van der Waals surface area (Å²) in [6.45, 7) is 7.28. The van der Waals surface area contributed by atoms with Gasteiger partial charge in [0.2, 0.25) is 5.91 Å². The number of hydrogen-bond donors (Lipinski definition) is 0. The van der Waals surface area contributed by atoms with Gasteiger partial charge in [0.25, 0.3) is 0 Å². The summed E-state index contributed by atoms with van der Waals surface area (Å²) in [5.74, 6) is 0.905. The Hall–Kier alpha value is -1.45. The van der Waals surface area contributed by atoms with Crippen LogP contribution in [0.25, 0.3) is 10.2 Å². The van der Waals surface area contributed by atoms with E-state index >= 15 is 0 Å². The van der Waals surface area contributed by atoms with Crippen molar-refractivity contribution in [3.05, 3.63) is 52.5 Å². The second-order valence-electron chi connectivity index (χ2n) is 7.87. The van der Waals surface area contributed by atoms with Crippen LogP contribution in [0.2, 0.25) is 0 Å². The predicted octanol–water partition coefficient (Wildman–Crippen LogP) is 5.60. The highest BCUT2D eigenvalue weighted by Gasteiger charge is 2.20. The summed E-state index contributed by atoms with van der Waals surface area (Å²) >= 11 is 6.85. The number of aromatic nitrogens is 1. The van der Waals surface area contributed by atoms with E-state index in [0.717, 1.165) is 64.8 Å². The van der Waals surface area contributed by atoms with E-state index in [-0.39, 0.29) is 5.91 Å². The van der Waals surface area contributed by atoms with Crippen LogP contribution in [0, 0.1) is 6.92 Å². The first kappa shape index (κ1) is 23.7. The number of halogens is 1. The minimum atomic E-state index is 0.143. The summed E-state index contributed by atoms with van der Waals surface area (Å²) in [5.41, 5.74) is 2.19. The molecular formula is C24H28BrN3O2S2. The molecule has 4 rings (SSSR count). The fourth-order valence-corrected chi connectivity index (χ4v) is 6.03. The summed E-state index contributed by atoms with van der Waals surface area (Å²) in [5, 5.41) is 0.797. The van der Waals surface area contributed by atoms with Crippen LogP contribution >= 0.6 is 39.0 Å². The quantitative estimate of drug-likeness (QED) is 0.334. The van der Waals surface area contributed by atoms with Crippen molar-refractivity contribution < 1.29 is 9.53 Å². The lowest BCUT2D eigenvalue weighted by Gasteiger charge is -2.27. The van der Waals surface area contributed by atoms with Gasteiger partial charge in [-0.2, -0.15) is 0 Å². The maximum Gasteiger partial charge on any atom is 0.229 e. The smallest absolute Gasteiger partial charge is 0.229 e. The molecule has 5 nitrogen and oxygen atoms in total. The highest BCUT2D eigenvalue weighted by molar-refractivity contribution is 9.10. The Bertz CT molecular complexity index is 1040. The number of hydrogen-bond acceptors (Lipinski definition) is 6. The van der Waals surface area contributed by atoms with Crippen molar-refractivity contribution >= 4 is 60.3 Å². The number of nitrogens with zero attached hydrogens (tertiary/aromatic N) is 3. The van der Waals surface area contributed by atoms with E-state index in [9.17, 15) is 4.79 Å². The van der Waals surface area contributed by atoms with Crippen molar-refractivity contribution in [1.82, 2.24) is 9.88 Å². The molecule has 0 N–H and O–H groups in total. The SMILES string of the molecule is Cc1ccc(SCCC(=O)N(CCCN2CCOCC2)c2nc3ccc(Br)cc3s2)cc1. The van der Waals surface area contributed by atoms with Crippen molar-refractivity contribution in [1.29, 1.82) is 0 Å². The first-order valence-electron chi connectivity index (χ1n) is 10.9. The van der Waals surface area contributed by atoms with Crippen molar-refractivity contribution in [3.63, 3.8) is 0 Å². The number of thioether (sulfide) groups is 1. The standard InChI is InChI=1S/C24H28BrN3O2S2/c1-18-3-6-20(7-4-18)31-16-9-23(29)28(11-2-10-27-12-14-30-15-13-27)24-26-21-8-5-19(25)17-22(21)32-24/h3-8,17H,2,9-16H2,1H3. The molecule has 2 heterocycles. The maximum absolute atomic E-state index is 13.3. The van der Waals surface area contributed by atoms with Gasteiger partial charge in [0.05, 0.1) is 23.4 Å². The molecule has 1 fully saturated rings. The van der Waals surface area contributed by atoms with Gasteiger partial charge in [-0.15, -0.1) is 11.8 Å². The Kier molecular flexibility index (Phi) is 8.60. The Morgan fingerprint density at radius 3 is 2.78 bits per heavy atom. The first-order valence-corrected chi connectivity index (χ1v) is 13.5. The Balaban J connectivity index is 1.41. The number of carbonyl (C=O) groups is 1. The number of benzene rings is 2. The van der Waals surface area contributed by atoms with Gasteiger partial charge in [0, 0.05) is 47.7 Å². The molecule has 0 unspecified atom stereocenters. The van der Waals surface area contributed by atoms with E-state index < -0.39 is 0 Å². The summed E-state index contributed by atoms with van der Waals surface area (Å²) in [6, 6.07) is 14.5. The number of carbonyl (C=O) groups excluding carboxylic acids is 1. The molecule has 0 bridgehead atoms. The number of fused-ring (bicyclic) bond motifs is 1. The van der Waals surface area contributed by atoms with E-state index in [4.69, 9.17) is 9.72 Å². The average Bonchev–Trinajstić information content (AvgIpc) is 3.21. The second kappa shape index (κ2) is 11.6. The number of aryl methyl sites for hydroxylation is 1. The minimum Gasteiger partial charge on any atom is -0.379 e. The summed E-state index contributed by atoms with van der Waals surface area (Å²) < 4.78 is 7.56. The van der Waals surface area contributed by atoms with Crippen LogP contribution in [-0.2, 0) is 9.53 Å². The first-order chi connectivity index (χ1) is 15.6. The molecule has 1 amide bonds. The van der Waals surface area contributed by atoms with Crippen molar-refractivity contribution in [2.45, 2.75) is 24.7 Å². The molecule has 8 heteroatoms. The highest BCUT2D eigenvalue weighted by Crippen LogP contribution is 2.31. The third kappa shape index (κ3) is 6.54. The molecule has 1 aliphatic rings. The molecule has 1 saturated heterocycles. The molecule has 0 aliphatic carbocycles. The van der Waals surface area contributed by atoms with Gasteiger partial charge < -0.3 is 4.74 Å². The molecule has 1 aliphatic heterocycles. The highest BCUT2D eigenvalue weighted by atomic mass is 79.9. The summed E-state index contributed by atoms with van der Waals surface area (Å²) in [7, 11) is 0. The molecule has 0 atom stereocenters. The van der Waals surface area contributed by atoms with Crippen molar-refractivity contribution in [2.24, 2.45) is 0 Å². The largest absolute Gasteiger partial charge is 0.379 e. The minimum absolute atomic E-state index is 0.143. The van der Waals surface area contributed by atoms with Gasteiger partial charge in [-0.25, -0.2) is 4.98 Å². The monoisotopic (exact) mass is 533 g/mol. The van der Waals surface area contributed by atoms with Crippen LogP contribution in [0.3, 0.4) is 0 Å². The normalized spacial score (nSPS) is 14.7. The number of rotatable bonds is 9. The van der Waals surface area contributed by atoms with Gasteiger partial charge in [-0.1, -0.05) is 45.0 Å². The maximum atomic E-state index is 13.3. The molecule has 170 valence electrons. The predicted molar refractivity (Wildman–Crippen MR) is 138 cm³/mol. The van der Waals surface area contributed by atoms with Gasteiger partial charge >= 0.3 is 0 Å². The zero-order chi connectivity index (χ0) is 22.3. The molecular weight excluding hydrogens is 506 g/mol. The molecule has 0 saturated carbocycles. The number of morpholine rings is 1. The Morgan fingerprint density at radius 2 is 2.00 bits per heavy atom. The van der Waals surface area contributed by atoms with Crippen molar-refractivity contribution in [2.75, 3.05) is 50.0 Å². The molecule has 1 aromatic heterocycles. The number of thiazole rings is 1. The molecule has 0 spiro atoms. The molecule has 3 aromatic rings. The van der Waals surface area contributed by atoms with Crippen molar-refractivity contribution in [3.8, 4) is 0 Å². The third-order valence-electron chi connectivity index (χ3n) is 5.44. The lowest BCUT2D eigenvalue weighted by molar-refractivity contribution is -0.118. The van der Waals surface area contributed by atoms with Gasteiger partial charge in [-0.05, 0) is 43.7 Å². The summed E-state index contributed by atoms with van der Waals surface area (Å²) in [4.78, 5) is 23.5. The van der Waals surface area contributed by atoms with Gasteiger partial charge in [-0.3, -0.25) is 14.6 Å². The van der Waals surface area contributed by atoms with Crippen LogP contribution in [0.5, 0.6) is 0 Å². The zero-order valence-corrected chi connectivity index (χ0v) is 21.5. The van der Waals surface area contributed by atoms with E-state index in [1.807, 2.05) is 17.0 Å². The van der Waals surface area contributed by atoms with E-state index in [2.05, 4.69) is 58.1 Å². The Morgan fingerprint density at radius 1 is 1.22 bits per heavy atom. The summed E-state index contributed by atoms with van der Waals surface area (Å²) in [6.07, 6.45) is 1.42.